The number of hydrogen-bond donors (Lipinski definition) is 2. The lowest BCUT2D eigenvalue weighted by atomic mass is 9.88. The molecule has 0 fully saturated rings. The monoisotopic (exact) mass is 193 g/mol. The van der Waals surface area contributed by atoms with Gasteiger partial charge in [-0.05, 0) is 42.9 Å². The lowest BCUT2D eigenvalue weighted by Crippen LogP contribution is -2.09. The smallest absolute Gasteiger partial charge is 0.121 e. The van der Waals surface area contributed by atoms with Crippen LogP contribution in [-0.4, -0.2) is 5.11 Å². The Morgan fingerprint density at radius 1 is 1.29 bits per heavy atom. The first-order valence-electron chi connectivity index (χ1n) is 4.97. The van der Waals surface area contributed by atoms with Crippen LogP contribution in [-0.2, 0) is 24.3 Å². The van der Waals surface area contributed by atoms with Gasteiger partial charge in [-0.1, -0.05) is 6.07 Å². The van der Waals surface area contributed by atoms with E-state index in [0.29, 0.717) is 12.4 Å². The van der Waals surface area contributed by atoms with E-state index in [9.17, 15) is 5.11 Å². The largest absolute Gasteiger partial charge is 0.508 e. The molecule has 0 spiro atoms. The van der Waals surface area contributed by atoms with E-state index in [4.69, 9.17) is 5.90 Å². The number of phenols is 1. The Labute approximate surface area is 83.5 Å². The molecule has 76 valence electrons. The number of fused-ring (bicyclic) bond motifs is 1. The summed E-state index contributed by atoms with van der Waals surface area (Å²) >= 11 is 0. The summed E-state index contributed by atoms with van der Waals surface area (Å²) in [7, 11) is 0. The first-order chi connectivity index (χ1) is 6.83. The van der Waals surface area contributed by atoms with Gasteiger partial charge in [-0.25, -0.2) is 5.90 Å². The van der Waals surface area contributed by atoms with Crippen LogP contribution in [0.2, 0.25) is 0 Å². The van der Waals surface area contributed by atoms with Gasteiger partial charge in [0, 0.05) is 5.56 Å². The van der Waals surface area contributed by atoms with Crippen molar-refractivity contribution in [3.8, 4) is 5.75 Å². The van der Waals surface area contributed by atoms with Crippen molar-refractivity contribution in [1.82, 2.24) is 0 Å². The van der Waals surface area contributed by atoms with Crippen molar-refractivity contribution in [1.29, 1.82) is 0 Å². The standard InChI is InChI=1S/C11H15NO2/c12-14-7-10-9-4-2-1-3-8(9)5-6-11(10)13/h5-6,13H,1-4,7,12H2. The maximum atomic E-state index is 9.66. The molecule has 0 saturated carbocycles. The summed E-state index contributed by atoms with van der Waals surface area (Å²) in [5, 5.41) is 9.66. The molecule has 0 aromatic heterocycles. The minimum Gasteiger partial charge on any atom is -0.508 e. The zero-order chi connectivity index (χ0) is 9.97. The highest BCUT2D eigenvalue weighted by Gasteiger charge is 2.15. The number of phenolic OH excluding ortho intramolecular Hbond substituents is 1. The van der Waals surface area contributed by atoms with Gasteiger partial charge >= 0.3 is 0 Å². The third kappa shape index (κ3) is 1.61. The minimum absolute atomic E-state index is 0.301. The lowest BCUT2D eigenvalue weighted by molar-refractivity contribution is 0.121. The van der Waals surface area contributed by atoms with Gasteiger partial charge in [0.2, 0.25) is 0 Å². The van der Waals surface area contributed by atoms with Crippen molar-refractivity contribution in [2.45, 2.75) is 32.3 Å². The second kappa shape index (κ2) is 3.98. The summed E-state index contributed by atoms with van der Waals surface area (Å²) in [5.74, 6) is 5.35. The molecule has 1 aromatic carbocycles. The summed E-state index contributed by atoms with van der Waals surface area (Å²) in [4.78, 5) is 4.61. The van der Waals surface area contributed by atoms with Gasteiger partial charge in [-0.15, -0.1) is 0 Å². The van der Waals surface area contributed by atoms with Crippen LogP contribution in [0.5, 0.6) is 5.75 Å². The molecule has 0 saturated heterocycles. The molecule has 0 unspecified atom stereocenters. The van der Waals surface area contributed by atoms with Crippen molar-refractivity contribution in [2.24, 2.45) is 5.90 Å². The van der Waals surface area contributed by atoms with Gasteiger partial charge in [0.1, 0.15) is 5.75 Å². The molecule has 3 heteroatoms. The number of nitrogens with two attached hydrogens (primary N) is 1. The van der Waals surface area contributed by atoms with Crippen LogP contribution in [0.1, 0.15) is 29.5 Å². The van der Waals surface area contributed by atoms with Crippen LogP contribution in [0.3, 0.4) is 0 Å². The SMILES string of the molecule is NOCc1c(O)ccc2c1CCCC2. The fourth-order valence-electron chi connectivity index (χ4n) is 2.14. The van der Waals surface area contributed by atoms with E-state index in [1.807, 2.05) is 6.07 Å². The van der Waals surface area contributed by atoms with Crippen LogP contribution in [0.25, 0.3) is 0 Å². The van der Waals surface area contributed by atoms with E-state index in [1.165, 1.54) is 24.0 Å². The van der Waals surface area contributed by atoms with Gasteiger partial charge in [-0.2, -0.15) is 0 Å². The van der Waals surface area contributed by atoms with Gasteiger partial charge in [-0.3, -0.25) is 4.84 Å². The summed E-state index contributed by atoms with van der Waals surface area (Å²) in [6.45, 7) is 0.301. The molecular formula is C11H15NO2. The zero-order valence-electron chi connectivity index (χ0n) is 8.12. The molecular weight excluding hydrogens is 178 g/mol. The van der Waals surface area contributed by atoms with E-state index < -0.39 is 0 Å². The summed E-state index contributed by atoms with van der Waals surface area (Å²) in [6.07, 6.45) is 4.56. The topological polar surface area (TPSA) is 55.5 Å². The Morgan fingerprint density at radius 3 is 2.86 bits per heavy atom. The number of aryl methyl sites for hydroxylation is 1. The van der Waals surface area contributed by atoms with Crippen LogP contribution < -0.4 is 5.90 Å². The fourth-order valence-corrected chi connectivity index (χ4v) is 2.14. The van der Waals surface area contributed by atoms with E-state index in [2.05, 4.69) is 4.84 Å². The average molecular weight is 193 g/mol. The predicted octanol–water partition coefficient (Wildman–Crippen LogP) is 1.66. The third-order valence-corrected chi connectivity index (χ3v) is 2.85. The van der Waals surface area contributed by atoms with Crippen LogP contribution in [0, 0.1) is 0 Å². The highest BCUT2D eigenvalue weighted by molar-refractivity contribution is 5.45. The molecule has 1 aromatic rings. The Kier molecular flexibility index (Phi) is 2.70. The molecule has 0 radical (unpaired) electrons. The summed E-state index contributed by atoms with van der Waals surface area (Å²) in [5.41, 5.74) is 3.44. The Morgan fingerprint density at radius 2 is 2.07 bits per heavy atom. The van der Waals surface area contributed by atoms with Crippen molar-refractivity contribution in [3.63, 3.8) is 0 Å². The first-order valence-corrected chi connectivity index (χ1v) is 4.97. The van der Waals surface area contributed by atoms with Gasteiger partial charge in [0.25, 0.3) is 0 Å². The predicted molar refractivity (Wildman–Crippen MR) is 53.7 cm³/mol. The Hall–Kier alpha value is -1.06. The van der Waals surface area contributed by atoms with Crippen molar-refractivity contribution >= 4 is 0 Å². The molecule has 0 atom stereocenters. The van der Waals surface area contributed by atoms with Crippen molar-refractivity contribution in [3.05, 3.63) is 28.8 Å². The molecule has 1 aliphatic rings. The normalized spacial score (nSPS) is 15.2. The van der Waals surface area contributed by atoms with Crippen molar-refractivity contribution < 1.29 is 9.94 Å². The summed E-state index contributed by atoms with van der Waals surface area (Å²) in [6, 6.07) is 3.74. The fraction of sp³-hybridized carbons (Fsp3) is 0.455. The van der Waals surface area contributed by atoms with Crippen LogP contribution >= 0.6 is 0 Å². The highest BCUT2D eigenvalue weighted by atomic mass is 16.6. The Bertz CT molecular complexity index is 336. The van der Waals surface area contributed by atoms with Crippen LogP contribution in [0.4, 0.5) is 0 Å². The molecule has 0 aliphatic heterocycles. The molecule has 3 nitrogen and oxygen atoms in total. The number of rotatable bonds is 2. The minimum atomic E-state index is 0.301. The Balaban J connectivity index is 2.43. The molecule has 2 rings (SSSR count). The maximum Gasteiger partial charge on any atom is 0.121 e. The van der Waals surface area contributed by atoms with Gasteiger partial charge in [0.15, 0.2) is 0 Å². The van der Waals surface area contributed by atoms with Crippen molar-refractivity contribution in [2.75, 3.05) is 0 Å². The van der Waals surface area contributed by atoms with Gasteiger partial charge in [0.05, 0.1) is 6.61 Å². The maximum absolute atomic E-state index is 9.66. The highest BCUT2D eigenvalue weighted by Crippen LogP contribution is 2.30. The summed E-state index contributed by atoms with van der Waals surface area (Å²) < 4.78 is 0. The van der Waals surface area contributed by atoms with Gasteiger partial charge < -0.3 is 5.11 Å². The number of aromatic hydroxyl groups is 1. The number of hydrogen-bond acceptors (Lipinski definition) is 3. The zero-order valence-corrected chi connectivity index (χ0v) is 8.12. The molecule has 0 bridgehead atoms. The van der Waals surface area contributed by atoms with E-state index in [1.54, 1.807) is 6.07 Å². The molecule has 3 N–H and O–H groups in total. The molecule has 0 amide bonds. The van der Waals surface area contributed by atoms with E-state index in [-0.39, 0.29) is 0 Å². The average Bonchev–Trinajstić information content (AvgIpc) is 2.23. The first kappa shape index (κ1) is 9.49. The van der Waals surface area contributed by atoms with E-state index >= 15 is 0 Å². The third-order valence-electron chi connectivity index (χ3n) is 2.85. The van der Waals surface area contributed by atoms with Crippen LogP contribution in [0.15, 0.2) is 12.1 Å². The molecule has 1 aliphatic carbocycles. The molecule has 14 heavy (non-hydrogen) atoms. The molecule has 0 heterocycles. The van der Waals surface area contributed by atoms with E-state index in [0.717, 1.165) is 18.4 Å². The lowest BCUT2D eigenvalue weighted by Gasteiger charge is -2.19. The second-order valence-electron chi connectivity index (χ2n) is 3.72. The quantitative estimate of drug-likeness (QED) is 0.702. The number of benzene rings is 1. The second-order valence-corrected chi connectivity index (χ2v) is 3.72.